The zero-order chi connectivity index (χ0) is 28.5. The van der Waals surface area contributed by atoms with Crippen LogP contribution in [0.15, 0.2) is 100 Å². The molecule has 3 aromatic carbocycles. The van der Waals surface area contributed by atoms with Crippen LogP contribution in [0.4, 0.5) is 4.39 Å². The summed E-state index contributed by atoms with van der Waals surface area (Å²) in [6.07, 6.45) is 3.64. The van der Waals surface area contributed by atoms with Gasteiger partial charge in [-0.2, -0.15) is 5.26 Å². The number of esters is 1. The van der Waals surface area contributed by atoms with Gasteiger partial charge < -0.3 is 9.30 Å². The summed E-state index contributed by atoms with van der Waals surface area (Å²) in [7, 11) is 0. The maximum Gasteiger partial charge on any atom is 0.338 e. The lowest BCUT2D eigenvalue weighted by Crippen LogP contribution is -2.40. The van der Waals surface area contributed by atoms with Gasteiger partial charge in [-0.3, -0.25) is 9.36 Å². The van der Waals surface area contributed by atoms with Crippen molar-refractivity contribution < 1.29 is 13.9 Å². The fourth-order valence-corrected chi connectivity index (χ4v) is 6.13. The Hall–Kier alpha value is -5.07. The van der Waals surface area contributed by atoms with E-state index in [0.29, 0.717) is 26.2 Å². The molecule has 0 aliphatic carbocycles. The molecule has 1 aliphatic heterocycles. The predicted octanol–water partition coefficient (Wildman–Crippen LogP) is 4.55. The molecule has 0 amide bonds. The van der Waals surface area contributed by atoms with E-state index in [1.807, 2.05) is 65.4 Å². The molecule has 3 heterocycles. The maximum atomic E-state index is 14.1. The van der Waals surface area contributed by atoms with Crippen molar-refractivity contribution in [3.63, 3.8) is 0 Å². The van der Waals surface area contributed by atoms with Gasteiger partial charge >= 0.3 is 5.97 Å². The van der Waals surface area contributed by atoms with Crippen LogP contribution in [0.5, 0.6) is 0 Å². The number of benzene rings is 3. The highest BCUT2D eigenvalue weighted by molar-refractivity contribution is 7.07. The van der Waals surface area contributed by atoms with E-state index in [1.165, 1.54) is 28.0 Å². The van der Waals surface area contributed by atoms with Crippen molar-refractivity contribution in [2.45, 2.75) is 19.5 Å². The van der Waals surface area contributed by atoms with E-state index >= 15 is 0 Å². The third kappa shape index (κ3) is 4.68. The summed E-state index contributed by atoms with van der Waals surface area (Å²) in [5.41, 5.74) is 3.18. The number of carbonyl (C=O) groups is 1. The number of thiazole rings is 1. The number of hydrogen-bond acceptors (Lipinski definition) is 6. The van der Waals surface area contributed by atoms with Crippen molar-refractivity contribution in [1.29, 1.82) is 5.26 Å². The predicted molar refractivity (Wildman–Crippen MR) is 155 cm³/mol. The van der Waals surface area contributed by atoms with Gasteiger partial charge in [0.25, 0.3) is 5.56 Å². The first-order valence-electron chi connectivity index (χ1n) is 13.0. The third-order valence-electron chi connectivity index (χ3n) is 6.91. The van der Waals surface area contributed by atoms with Gasteiger partial charge in [-0.15, -0.1) is 0 Å². The number of ether oxygens (including phenoxy) is 1. The number of para-hydroxylation sites is 1. The molecule has 0 fully saturated rings. The molecule has 6 rings (SSSR count). The molecule has 0 spiro atoms. The molecule has 7 nitrogen and oxygen atoms in total. The van der Waals surface area contributed by atoms with Gasteiger partial charge in [-0.05, 0) is 36.8 Å². The third-order valence-corrected chi connectivity index (χ3v) is 7.89. The SMILES string of the molecule is CCOC(=O)C1=C(c2ccccc2)N=c2s/c(=C\c3cn(CC#N)c4ccccc34)c(=O)n2[C@H]1c1ccc(F)cc1. The quantitative estimate of drug-likeness (QED) is 0.284. The van der Waals surface area contributed by atoms with Gasteiger partial charge in [0.2, 0.25) is 0 Å². The summed E-state index contributed by atoms with van der Waals surface area (Å²) < 4.78 is 23.2. The van der Waals surface area contributed by atoms with E-state index < -0.39 is 17.8 Å². The molecule has 0 unspecified atom stereocenters. The lowest BCUT2D eigenvalue weighted by molar-refractivity contribution is -0.138. The van der Waals surface area contributed by atoms with Crippen molar-refractivity contribution in [2.75, 3.05) is 6.61 Å². The number of nitrogens with zero attached hydrogens (tertiary/aromatic N) is 4. The average molecular weight is 563 g/mol. The number of aromatic nitrogens is 2. The largest absolute Gasteiger partial charge is 0.463 e. The van der Waals surface area contributed by atoms with E-state index in [4.69, 9.17) is 9.73 Å². The number of nitriles is 1. The molecule has 9 heteroatoms. The van der Waals surface area contributed by atoms with Crippen LogP contribution in [-0.4, -0.2) is 21.7 Å². The van der Waals surface area contributed by atoms with Crippen LogP contribution in [0.3, 0.4) is 0 Å². The topological polar surface area (TPSA) is 89.4 Å². The number of rotatable bonds is 6. The highest BCUT2D eigenvalue weighted by atomic mass is 32.1. The minimum atomic E-state index is -0.886. The summed E-state index contributed by atoms with van der Waals surface area (Å²) >= 11 is 1.21. The summed E-state index contributed by atoms with van der Waals surface area (Å²) in [5.74, 6) is -1.03. The number of carbonyl (C=O) groups excluding carboxylic acids is 1. The first kappa shape index (κ1) is 26.2. The molecule has 202 valence electrons. The van der Waals surface area contributed by atoms with E-state index in [9.17, 15) is 19.2 Å². The number of hydrogen-bond donors (Lipinski definition) is 0. The van der Waals surface area contributed by atoms with Crippen molar-refractivity contribution in [1.82, 2.24) is 9.13 Å². The van der Waals surface area contributed by atoms with Gasteiger partial charge in [-0.25, -0.2) is 14.2 Å². The van der Waals surface area contributed by atoms with Crippen LogP contribution in [0.25, 0.3) is 22.7 Å². The fraction of sp³-hybridized carbons (Fsp3) is 0.125. The van der Waals surface area contributed by atoms with Crippen LogP contribution in [0.2, 0.25) is 0 Å². The molecule has 41 heavy (non-hydrogen) atoms. The minimum Gasteiger partial charge on any atom is -0.463 e. The standard InChI is InChI=1S/C32H23FN4O3S/c1-2-40-31(39)27-28(20-8-4-3-5-9-20)35-32-37(29(27)21-12-14-23(33)15-13-21)30(38)26(41-32)18-22-19-36(17-16-34)25-11-7-6-10-24(22)25/h3-15,18-19,29H,2,17H2,1H3/b26-18-/t29-/m0/s1. The van der Waals surface area contributed by atoms with Crippen molar-refractivity contribution in [3.05, 3.63) is 133 Å². The lowest BCUT2D eigenvalue weighted by Gasteiger charge is -2.25. The van der Waals surface area contributed by atoms with E-state index in [0.717, 1.165) is 16.5 Å². The Morgan fingerprint density at radius 2 is 1.83 bits per heavy atom. The van der Waals surface area contributed by atoms with Crippen molar-refractivity contribution >= 4 is 40.0 Å². The van der Waals surface area contributed by atoms with E-state index in [-0.39, 0.29) is 24.3 Å². The Morgan fingerprint density at radius 3 is 2.56 bits per heavy atom. The fourth-order valence-electron chi connectivity index (χ4n) is 5.14. The Labute approximate surface area is 238 Å². The van der Waals surface area contributed by atoms with E-state index in [2.05, 4.69) is 6.07 Å². The molecule has 0 radical (unpaired) electrons. The maximum absolute atomic E-state index is 14.1. The molecule has 0 N–H and O–H groups in total. The van der Waals surface area contributed by atoms with Crippen LogP contribution in [0, 0.1) is 17.1 Å². The molecule has 1 atom stereocenters. The second-order valence-electron chi connectivity index (χ2n) is 9.37. The molecule has 0 bridgehead atoms. The van der Waals surface area contributed by atoms with Crippen LogP contribution in [-0.2, 0) is 16.1 Å². The second-order valence-corrected chi connectivity index (χ2v) is 10.4. The molecule has 2 aromatic heterocycles. The van der Waals surface area contributed by atoms with Gasteiger partial charge in [0.05, 0.1) is 34.5 Å². The van der Waals surface area contributed by atoms with Gasteiger partial charge in [0, 0.05) is 28.2 Å². The molecule has 0 saturated heterocycles. The Balaban J connectivity index is 1.65. The molecule has 5 aromatic rings. The van der Waals surface area contributed by atoms with Crippen molar-refractivity contribution in [3.8, 4) is 6.07 Å². The average Bonchev–Trinajstić information content (AvgIpc) is 3.50. The Kier molecular flexibility index (Phi) is 6.91. The van der Waals surface area contributed by atoms with E-state index in [1.54, 1.807) is 25.1 Å². The molecule has 0 saturated carbocycles. The number of fused-ring (bicyclic) bond motifs is 2. The monoisotopic (exact) mass is 562 g/mol. The normalized spacial score (nSPS) is 15.0. The summed E-state index contributed by atoms with van der Waals surface area (Å²) in [4.78, 5) is 32.8. The molecule has 1 aliphatic rings. The second kappa shape index (κ2) is 10.8. The zero-order valence-electron chi connectivity index (χ0n) is 22.0. The highest BCUT2D eigenvalue weighted by Crippen LogP contribution is 2.35. The van der Waals surface area contributed by atoms with Crippen LogP contribution in [0.1, 0.15) is 29.7 Å². The first-order valence-corrected chi connectivity index (χ1v) is 13.8. The number of halogens is 1. The molecular formula is C32H23FN4O3S. The van der Waals surface area contributed by atoms with Crippen LogP contribution >= 0.6 is 11.3 Å². The first-order chi connectivity index (χ1) is 20.0. The summed E-state index contributed by atoms with van der Waals surface area (Å²) in [6, 6.07) is 24.0. The summed E-state index contributed by atoms with van der Waals surface area (Å²) in [5, 5.41) is 10.2. The van der Waals surface area contributed by atoms with Gasteiger partial charge in [0.15, 0.2) is 4.80 Å². The highest BCUT2D eigenvalue weighted by Gasteiger charge is 2.35. The van der Waals surface area contributed by atoms with Crippen LogP contribution < -0.4 is 14.9 Å². The van der Waals surface area contributed by atoms with Gasteiger partial charge in [0.1, 0.15) is 12.4 Å². The smallest absolute Gasteiger partial charge is 0.338 e. The Bertz CT molecular complexity index is 2050. The lowest BCUT2D eigenvalue weighted by atomic mass is 9.93. The zero-order valence-corrected chi connectivity index (χ0v) is 22.8. The van der Waals surface area contributed by atoms with Crippen molar-refractivity contribution in [2.24, 2.45) is 4.99 Å². The Morgan fingerprint density at radius 1 is 1.10 bits per heavy atom. The summed E-state index contributed by atoms with van der Waals surface area (Å²) in [6.45, 7) is 2.02. The minimum absolute atomic E-state index is 0.137. The van der Waals surface area contributed by atoms with Gasteiger partial charge in [-0.1, -0.05) is 72.0 Å². The molecular weight excluding hydrogens is 539 g/mol.